The molecule has 0 amide bonds. The number of halogens is 1. The third kappa shape index (κ3) is 6.60. The maximum atomic E-state index is 6.34. The van der Waals surface area contributed by atoms with E-state index in [1.807, 2.05) is 54.6 Å². The molecule has 0 saturated carbocycles. The van der Waals surface area contributed by atoms with Gasteiger partial charge >= 0.3 is 0 Å². The highest BCUT2D eigenvalue weighted by Crippen LogP contribution is 2.32. The van der Waals surface area contributed by atoms with Crippen molar-refractivity contribution in [3.63, 3.8) is 0 Å². The minimum atomic E-state index is -0.207. The van der Waals surface area contributed by atoms with Gasteiger partial charge in [0.2, 0.25) is 0 Å². The molecule has 3 aromatic carbocycles. The van der Waals surface area contributed by atoms with E-state index in [0.717, 1.165) is 16.7 Å². The SMILES string of the molecule is IC1O[C@H](COCc2ccccc2)[C@@H](OCc2ccccc2)[C@H]1OCc1ccccc1. The lowest BCUT2D eigenvalue weighted by atomic mass is 10.1. The third-order valence-corrected chi connectivity index (χ3v) is 6.22. The van der Waals surface area contributed by atoms with Crippen LogP contribution in [-0.4, -0.2) is 29.0 Å². The zero-order chi connectivity index (χ0) is 21.3. The van der Waals surface area contributed by atoms with Crippen molar-refractivity contribution in [3.05, 3.63) is 108 Å². The molecule has 3 aromatic rings. The summed E-state index contributed by atoms with van der Waals surface area (Å²) in [6.07, 6.45) is -0.563. The van der Waals surface area contributed by atoms with Crippen molar-refractivity contribution in [2.75, 3.05) is 6.61 Å². The average molecular weight is 530 g/mol. The van der Waals surface area contributed by atoms with E-state index in [1.54, 1.807) is 0 Å². The highest BCUT2D eigenvalue weighted by Gasteiger charge is 2.45. The maximum Gasteiger partial charge on any atom is 0.138 e. The van der Waals surface area contributed by atoms with E-state index in [4.69, 9.17) is 18.9 Å². The van der Waals surface area contributed by atoms with Crippen LogP contribution in [0.3, 0.4) is 0 Å². The first-order valence-electron chi connectivity index (χ1n) is 10.5. The molecule has 4 nitrogen and oxygen atoms in total. The van der Waals surface area contributed by atoms with Gasteiger partial charge in [0.1, 0.15) is 22.4 Å². The fraction of sp³-hybridized carbons (Fsp3) is 0.308. The molecule has 31 heavy (non-hydrogen) atoms. The van der Waals surface area contributed by atoms with E-state index in [2.05, 4.69) is 59.0 Å². The van der Waals surface area contributed by atoms with Gasteiger partial charge in [-0.3, -0.25) is 0 Å². The van der Waals surface area contributed by atoms with E-state index in [1.165, 1.54) is 0 Å². The van der Waals surface area contributed by atoms with Crippen molar-refractivity contribution in [3.8, 4) is 0 Å². The fourth-order valence-corrected chi connectivity index (χ4v) is 4.58. The zero-order valence-electron chi connectivity index (χ0n) is 17.3. The van der Waals surface area contributed by atoms with Crippen LogP contribution in [0, 0.1) is 0 Å². The monoisotopic (exact) mass is 530 g/mol. The lowest BCUT2D eigenvalue weighted by Crippen LogP contribution is -2.38. The van der Waals surface area contributed by atoms with Crippen molar-refractivity contribution in [2.45, 2.75) is 42.2 Å². The standard InChI is InChI=1S/C26H27IO4/c27-26-25(30-18-22-14-8-3-9-15-22)24(29-17-21-12-6-2-7-13-21)23(31-26)19-28-16-20-10-4-1-5-11-20/h1-15,23-26H,16-19H2/t23-,24-,25-,26?/m1/s1. The topological polar surface area (TPSA) is 36.9 Å². The normalized spacial score (nSPS) is 23.1. The second-order valence-electron chi connectivity index (χ2n) is 7.55. The summed E-state index contributed by atoms with van der Waals surface area (Å²) in [5.74, 6) is 0. The number of rotatable bonds is 10. The molecule has 1 aliphatic rings. The first kappa shape index (κ1) is 22.4. The van der Waals surface area contributed by atoms with Gasteiger partial charge in [-0.2, -0.15) is 0 Å². The van der Waals surface area contributed by atoms with Crippen molar-refractivity contribution < 1.29 is 18.9 Å². The highest BCUT2D eigenvalue weighted by atomic mass is 127. The van der Waals surface area contributed by atoms with Gasteiger partial charge < -0.3 is 18.9 Å². The van der Waals surface area contributed by atoms with Crippen molar-refractivity contribution >= 4 is 22.6 Å². The Labute approximate surface area is 197 Å². The van der Waals surface area contributed by atoms with Crippen LogP contribution in [0.15, 0.2) is 91.0 Å². The molecule has 0 bridgehead atoms. The molecule has 1 aliphatic heterocycles. The van der Waals surface area contributed by atoms with Crippen LogP contribution in [0.4, 0.5) is 0 Å². The Morgan fingerprint density at radius 1 is 0.613 bits per heavy atom. The van der Waals surface area contributed by atoms with Crippen molar-refractivity contribution in [1.82, 2.24) is 0 Å². The van der Waals surface area contributed by atoms with Crippen molar-refractivity contribution in [2.24, 2.45) is 0 Å². The number of hydrogen-bond acceptors (Lipinski definition) is 4. The van der Waals surface area contributed by atoms with Gasteiger partial charge in [0, 0.05) is 0 Å². The molecule has 4 rings (SSSR count). The summed E-state index contributed by atoms with van der Waals surface area (Å²) >= 11 is 2.30. The number of hydrogen-bond donors (Lipinski definition) is 0. The van der Waals surface area contributed by atoms with Crippen LogP contribution >= 0.6 is 22.6 Å². The second-order valence-corrected chi connectivity index (χ2v) is 8.78. The molecule has 0 aliphatic carbocycles. The quantitative estimate of drug-likeness (QED) is 0.255. The van der Waals surface area contributed by atoms with Crippen molar-refractivity contribution in [1.29, 1.82) is 0 Å². The van der Waals surface area contributed by atoms with Gasteiger partial charge in [-0.05, 0) is 39.3 Å². The van der Waals surface area contributed by atoms with Gasteiger partial charge in [-0.1, -0.05) is 91.0 Å². The van der Waals surface area contributed by atoms with E-state index in [9.17, 15) is 0 Å². The number of benzene rings is 3. The Kier molecular flexibility index (Phi) is 8.49. The van der Waals surface area contributed by atoms with Crippen LogP contribution in [0.2, 0.25) is 0 Å². The lowest BCUT2D eigenvalue weighted by molar-refractivity contribution is -0.0895. The molecule has 0 radical (unpaired) electrons. The van der Waals surface area contributed by atoms with Crippen LogP contribution in [0.5, 0.6) is 0 Å². The maximum absolute atomic E-state index is 6.34. The first-order valence-corrected chi connectivity index (χ1v) is 11.8. The van der Waals surface area contributed by atoms with Gasteiger partial charge in [0.25, 0.3) is 0 Å². The summed E-state index contributed by atoms with van der Waals surface area (Å²) in [5, 5.41) is 0. The molecule has 162 valence electrons. The first-order chi connectivity index (χ1) is 15.3. The minimum absolute atomic E-state index is 0.104. The summed E-state index contributed by atoms with van der Waals surface area (Å²) in [4.78, 5) is 0. The van der Waals surface area contributed by atoms with E-state index >= 15 is 0 Å². The predicted molar refractivity (Wildman–Crippen MR) is 129 cm³/mol. The molecule has 0 spiro atoms. The van der Waals surface area contributed by atoms with E-state index in [0.29, 0.717) is 26.4 Å². The lowest BCUT2D eigenvalue weighted by Gasteiger charge is -2.24. The van der Waals surface area contributed by atoms with Gasteiger partial charge in [-0.15, -0.1) is 0 Å². The van der Waals surface area contributed by atoms with Gasteiger partial charge in [-0.25, -0.2) is 0 Å². The van der Waals surface area contributed by atoms with Gasteiger partial charge in [0.05, 0.1) is 26.4 Å². The van der Waals surface area contributed by atoms with Crippen LogP contribution in [0.25, 0.3) is 0 Å². The Bertz CT molecular complexity index is 891. The Balaban J connectivity index is 1.39. The average Bonchev–Trinajstić information content (AvgIpc) is 3.12. The van der Waals surface area contributed by atoms with E-state index < -0.39 is 0 Å². The predicted octanol–water partition coefficient (Wildman–Crippen LogP) is 5.53. The Morgan fingerprint density at radius 3 is 1.58 bits per heavy atom. The van der Waals surface area contributed by atoms with Crippen LogP contribution in [0.1, 0.15) is 16.7 Å². The number of alkyl halides is 1. The molecule has 1 saturated heterocycles. The molecule has 1 unspecified atom stereocenters. The number of ether oxygens (including phenoxy) is 4. The van der Waals surface area contributed by atoms with Crippen LogP contribution < -0.4 is 0 Å². The largest absolute Gasteiger partial charge is 0.374 e. The third-order valence-electron chi connectivity index (χ3n) is 5.22. The summed E-state index contributed by atoms with van der Waals surface area (Å²) in [6, 6.07) is 30.5. The summed E-state index contributed by atoms with van der Waals surface area (Å²) in [7, 11) is 0. The molecular formula is C26H27IO4. The molecule has 1 fully saturated rings. The smallest absolute Gasteiger partial charge is 0.138 e. The summed E-state index contributed by atoms with van der Waals surface area (Å²) in [6.45, 7) is 2.04. The molecule has 0 aromatic heterocycles. The molecular weight excluding hydrogens is 503 g/mol. The fourth-order valence-electron chi connectivity index (χ4n) is 3.59. The zero-order valence-corrected chi connectivity index (χ0v) is 19.5. The van der Waals surface area contributed by atoms with Gasteiger partial charge in [0.15, 0.2) is 0 Å². The molecule has 1 heterocycles. The molecule has 5 heteroatoms. The summed E-state index contributed by atoms with van der Waals surface area (Å²) < 4.78 is 24.7. The molecule has 4 atom stereocenters. The Hall–Kier alpha value is -1.77. The molecule has 0 N–H and O–H groups in total. The highest BCUT2D eigenvalue weighted by molar-refractivity contribution is 14.1. The summed E-state index contributed by atoms with van der Waals surface area (Å²) in [5.41, 5.74) is 3.41. The van der Waals surface area contributed by atoms with E-state index in [-0.39, 0.29) is 22.4 Å². The minimum Gasteiger partial charge on any atom is -0.374 e. The second kappa shape index (κ2) is 11.7. The van der Waals surface area contributed by atoms with Crippen LogP contribution in [-0.2, 0) is 38.8 Å². The Morgan fingerprint density at radius 2 is 1.06 bits per heavy atom.